The van der Waals surface area contributed by atoms with Crippen molar-refractivity contribution in [3.8, 4) is 0 Å². The van der Waals surface area contributed by atoms with Gasteiger partial charge in [0, 0.05) is 11.7 Å². The topological polar surface area (TPSA) is 84.2 Å². The molecule has 1 fully saturated rings. The summed E-state index contributed by atoms with van der Waals surface area (Å²) >= 11 is 0. The fraction of sp³-hybridized carbons (Fsp3) is 0.571. The molecule has 0 amide bonds. The summed E-state index contributed by atoms with van der Waals surface area (Å²) in [5, 5.41) is 3.46. The van der Waals surface area contributed by atoms with Crippen molar-refractivity contribution in [3.63, 3.8) is 0 Å². The molecular weight excluding hydrogens is 274 g/mol. The number of benzene rings is 1. The third kappa shape index (κ3) is 3.64. The average Bonchev–Trinajstić information content (AvgIpc) is 2.67. The van der Waals surface area contributed by atoms with Crippen LogP contribution in [0.5, 0.6) is 0 Å². The molecule has 4 N–H and O–H groups in total. The number of hydrogen-bond acceptors (Lipinski definition) is 4. The number of nitrogen functional groups attached to an aromatic ring is 1. The minimum Gasteiger partial charge on any atom is -0.398 e. The minimum atomic E-state index is -3.49. The van der Waals surface area contributed by atoms with Gasteiger partial charge in [-0.15, -0.1) is 0 Å². The zero-order valence-electron chi connectivity index (χ0n) is 11.9. The summed E-state index contributed by atoms with van der Waals surface area (Å²) < 4.78 is 25.8. The Morgan fingerprint density at radius 3 is 2.35 bits per heavy atom. The van der Waals surface area contributed by atoms with Gasteiger partial charge in [-0.25, -0.2) is 13.1 Å². The van der Waals surface area contributed by atoms with Gasteiger partial charge in [0.1, 0.15) is 4.90 Å². The highest BCUT2D eigenvalue weighted by Crippen LogP contribution is 2.25. The van der Waals surface area contributed by atoms with Crippen LogP contribution in [0.1, 0.15) is 38.5 Å². The molecule has 112 valence electrons. The van der Waals surface area contributed by atoms with Gasteiger partial charge in [0.25, 0.3) is 0 Å². The standard InChI is InChI=1S/C14H23N3O2S/c1-16-20(18,19)14-9-8-12(10-13(14)15)17-11-6-4-2-3-5-7-11/h8-11,16-17H,2-7,15H2,1H3. The van der Waals surface area contributed by atoms with Gasteiger partial charge >= 0.3 is 0 Å². The maximum Gasteiger partial charge on any atom is 0.242 e. The van der Waals surface area contributed by atoms with Crippen molar-refractivity contribution in [3.05, 3.63) is 18.2 Å². The molecule has 0 atom stereocenters. The molecule has 1 aliphatic carbocycles. The SMILES string of the molecule is CNS(=O)(=O)c1ccc(NC2CCCCCC2)cc1N. The van der Waals surface area contributed by atoms with Crippen LogP contribution in [0.2, 0.25) is 0 Å². The van der Waals surface area contributed by atoms with Crippen molar-refractivity contribution in [2.75, 3.05) is 18.1 Å². The van der Waals surface area contributed by atoms with E-state index in [4.69, 9.17) is 5.73 Å². The van der Waals surface area contributed by atoms with Crippen LogP contribution >= 0.6 is 0 Å². The monoisotopic (exact) mass is 297 g/mol. The second-order valence-electron chi connectivity index (χ2n) is 5.29. The van der Waals surface area contributed by atoms with E-state index in [2.05, 4.69) is 10.0 Å². The summed E-state index contributed by atoms with van der Waals surface area (Å²) in [4.78, 5) is 0.131. The quantitative estimate of drug-likeness (QED) is 0.588. The van der Waals surface area contributed by atoms with E-state index in [-0.39, 0.29) is 10.6 Å². The van der Waals surface area contributed by atoms with E-state index in [9.17, 15) is 8.42 Å². The van der Waals surface area contributed by atoms with E-state index in [1.807, 2.05) is 0 Å². The Hall–Kier alpha value is -1.27. The maximum atomic E-state index is 11.8. The van der Waals surface area contributed by atoms with Crippen molar-refractivity contribution < 1.29 is 8.42 Å². The van der Waals surface area contributed by atoms with Crippen LogP contribution in [0.3, 0.4) is 0 Å². The van der Waals surface area contributed by atoms with Gasteiger partial charge in [0.05, 0.1) is 5.69 Å². The second-order valence-corrected chi connectivity index (χ2v) is 7.15. The predicted molar refractivity (Wildman–Crippen MR) is 82.2 cm³/mol. The first-order chi connectivity index (χ1) is 9.53. The molecule has 1 saturated carbocycles. The van der Waals surface area contributed by atoms with Crippen LogP contribution < -0.4 is 15.8 Å². The molecule has 0 heterocycles. The molecule has 0 bridgehead atoms. The third-order valence-corrected chi connectivity index (χ3v) is 5.28. The number of nitrogens with two attached hydrogens (primary N) is 1. The van der Waals surface area contributed by atoms with Crippen molar-refractivity contribution in [1.29, 1.82) is 0 Å². The van der Waals surface area contributed by atoms with Crippen LogP contribution in [0, 0.1) is 0 Å². The molecule has 5 nitrogen and oxygen atoms in total. The predicted octanol–water partition coefficient (Wildman–Crippen LogP) is 2.31. The van der Waals surface area contributed by atoms with E-state index >= 15 is 0 Å². The van der Waals surface area contributed by atoms with Crippen molar-refractivity contribution in [2.45, 2.75) is 49.5 Å². The normalized spacial score (nSPS) is 17.6. The first kappa shape index (κ1) is 15.1. The molecule has 0 spiro atoms. The fourth-order valence-corrected chi connectivity index (χ4v) is 3.49. The minimum absolute atomic E-state index is 0.131. The smallest absolute Gasteiger partial charge is 0.242 e. The number of sulfonamides is 1. The maximum absolute atomic E-state index is 11.8. The van der Waals surface area contributed by atoms with E-state index in [1.165, 1.54) is 32.7 Å². The van der Waals surface area contributed by atoms with Crippen LogP contribution in [-0.2, 0) is 10.0 Å². The van der Waals surface area contributed by atoms with Crippen LogP contribution in [0.15, 0.2) is 23.1 Å². The second kappa shape index (κ2) is 6.45. The molecule has 0 radical (unpaired) electrons. The molecule has 0 aliphatic heterocycles. The summed E-state index contributed by atoms with van der Waals surface area (Å²) in [5.74, 6) is 0. The van der Waals surface area contributed by atoms with Crippen molar-refractivity contribution >= 4 is 21.4 Å². The van der Waals surface area contributed by atoms with Crippen LogP contribution in [0.4, 0.5) is 11.4 Å². The zero-order chi connectivity index (χ0) is 14.6. The van der Waals surface area contributed by atoms with Crippen LogP contribution in [-0.4, -0.2) is 21.5 Å². The molecule has 1 aliphatic rings. The van der Waals surface area contributed by atoms with Gasteiger partial charge in [-0.2, -0.15) is 0 Å². The highest BCUT2D eigenvalue weighted by molar-refractivity contribution is 7.89. The lowest BCUT2D eigenvalue weighted by atomic mass is 10.1. The van der Waals surface area contributed by atoms with Gasteiger partial charge in [-0.05, 0) is 38.1 Å². The van der Waals surface area contributed by atoms with E-state index < -0.39 is 10.0 Å². The summed E-state index contributed by atoms with van der Waals surface area (Å²) in [6.07, 6.45) is 7.44. The molecule has 6 heteroatoms. The highest BCUT2D eigenvalue weighted by atomic mass is 32.2. The Labute approximate surface area is 121 Å². The number of anilines is 2. The Morgan fingerprint density at radius 1 is 1.15 bits per heavy atom. The Kier molecular flexibility index (Phi) is 4.88. The average molecular weight is 297 g/mol. The Morgan fingerprint density at radius 2 is 1.80 bits per heavy atom. The Balaban J connectivity index is 2.12. The molecule has 0 aromatic heterocycles. The number of hydrogen-bond donors (Lipinski definition) is 3. The molecule has 0 unspecified atom stereocenters. The molecule has 20 heavy (non-hydrogen) atoms. The first-order valence-corrected chi connectivity index (χ1v) is 8.61. The molecular formula is C14H23N3O2S. The zero-order valence-corrected chi connectivity index (χ0v) is 12.7. The largest absolute Gasteiger partial charge is 0.398 e. The summed E-state index contributed by atoms with van der Waals surface area (Å²) in [6, 6.07) is 5.50. The summed E-state index contributed by atoms with van der Waals surface area (Å²) in [7, 11) is -2.11. The van der Waals surface area contributed by atoms with Gasteiger partial charge in [0.15, 0.2) is 0 Å². The van der Waals surface area contributed by atoms with Crippen molar-refractivity contribution in [2.24, 2.45) is 0 Å². The van der Waals surface area contributed by atoms with Crippen molar-refractivity contribution in [1.82, 2.24) is 4.72 Å². The van der Waals surface area contributed by atoms with Gasteiger partial charge in [-0.3, -0.25) is 0 Å². The number of nitrogens with one attached hydrogen (secondary N) is 2. The lowest BCUT2D eigenvalue weighted by Crippen LogP contribution is -2.21. The fourth-order valence-electron chi connectivity index (χ4n) is 2.65. The molecule has 2 rings (SSSR count). The summed E-state index contributed by atoms with van der Waals surface area (Å²) in [6.45, 7) is 0. The van der Waals surface area contributed by atoms with Gasteiger partial charge < -0.3 is 11.1 Å². The highest BCUT2D eigenvalue weighted by Gasteiger charge is 2.17. The summed E-state index contributed by atoms with van der Waals surface area (Å²) in [5.41, 5.74) is 7.03. The van der Waals surface area contributed by atoms with Crippen LogP contribution in [0.25, 0.3) is 0 Å². The van der Waals surface area contributed by atoms with E-state index in [0.717, 1.165) is 18.5 Å². The first-order valence-electron chi connectivity index (χ1n) is 7.12. The molecule has 1 aromatic rings. The molecule has 1 aromatic carbocycles. The lowest BCUT2D eigenvalue weighted by Gasteiger charge is -2.18. The molecule has 0 saturated heterocycles. The Bertz CT molecular complexity index is 550. The van der Waals surface area contributed by atoms with Gasteiger partial charge in [0.2, 0.25) is 10.0 Å². The van der Waals surface area contributed by atoms with Gasteiger partial charge in [-0.1, -0.05) is 25.7 Å². The lowest BCUT2D eigenvalue weighted by molar-refractivity contribution is 0.588. The van der Waals surface area contributed by atoms with E-state index in [1.54, 1.807) is 18.2 Å². The van der Waals surface area contributed by atoms with E-state index in [0.29, 0.717) is 6.04 Å². The number of rotatable bonds is 4. The third-order valence-electron chi connectivity index (χ3n) is 3.79.